The Kier molecular flexibility index (Phi) is 2.89. The Balaban J connectivity index is 1.52. The second kappa shape index (κ2) is 4.60. The standard InChI is InChI=1S/C17H24N2/c1-18-10-15-11-19(9-13-5-3-2-4-6-13)17(14-7-8-14)16(15)12-18/h2-6,14-17H,7-12H2,1H3/t15-,16-,17+/m1/s1. The van der Waals surface area contributed by atoms with E-state index in [1.807, 2.05) is 0 Å². The maximum atomic E-state index is 2.80. The highest BCUT2D eigenvalue weighted by molar-refractivity contribution is 5.16. The second-order valence-electron chi connectivity index (χ2n) is 6.89. The molecule has 19 heavy (non-hydrogen) atoms. The summed E-state index contributed by atoms with van der Waals surface area (Å²) >= 11 is 0. The minimum absolute atomic E-state index is 0.871. The van der Waals surface area contributed by atoms with Crippen LogP contribution < -0.4 is 0 Å². The molecule has 0 unspecified atom stereocenters. The fourth-order valence-electron chi connectivity index (χ4n) is 4.47. The molecule has 0 spiro atoms. The maximum absolute atomic E-state index is 2.80. The fourth-order valence-corrected chi connectivity index (χ4v) is 4.47. The Morgan fingerprint density at radius 2 is 1.79 bits per heavy atom. The van der Waals surface area contributed by atoms with Gasteiger partial charge in [0.25, 0.3) is 0 Å². The van der Waals surface area contributed by atoms with Crippen LogP contribution in [-0.4, -0.2) is 42.5 Å². The zero-order valence-corrected chi connectivity index (χ0v) is 11.8. The Hall–Kier alpha value is -0.860. The number of fused-ring (bicyclic) bond motifs is 1. The highest BCUT2D eigenvalue weighted by atomic mass is 15.3. The molecular weight excluding hydrogens is 232 g/mol. The Morgan fingerprint density at radius 3 is 2.53 bits per heavy atom. The van der Waals surface area contributed by atoms with Crippen LogP contribution in [0.3, 0.4) is 0 Å². The van der Waals surface area contributed by atoms with Crippen LogP contribution in [-0.2, 0) is 6.54 Å². The van der Waals surface area contributed by atoms with E-state index >= 15 is 0 Å². The summed E-state index contributed by atoms with van der Waals surface area (Å²) in [5, 5.41) is 0. The molecule has 2 heteroatoms. The molecule has 3 fully saturated rings. The lowest BCUT2D eigenvalue weighted by atomic mass is 9.91. The molecule has 2 heterocycles. The fraction of sp³-hybridized carbons (Fsp3) is 0.647. The van der Waals surface area contributed by atoms with Gasteiger partial charge in [0.2, 0.25) is 0 Å². The third-order valence-electron chi connectivity index (χ3n) is 5.34. The van der Waals surface area contributed by atoms with Crippen LogP contribution in [0.15, 0.2) is 30.3 Å². The van der Waals surface area contributed by atoms with E-state index in [1.54, 1.807) is 0 Å². The second-order valence-corrected chi connectivity index (χ2v) is 6.89. The SMILES string of the molecule is CN1C[C@@H]2CN(Cc3ccccc3)[C@@H](C3CC3)[C@@H]2C1. The van der Waals surface area contributed by atoms with Crippen molar-refractivity contribution in [2.24, 2.45) is 17.8 Å². The number of benzene rings is 1. The summed E-state index contributed by atoms with van der Waals surface area (Å²) in [7, 11) is 2.30. The number of nitrogens with zero attached hydrogens (tertiary/aromatic N) is 2. The molecule has 0 bridgehead atoms. The van der Waals surface area contributed by atoms with Crippen molar-refractivity contribution in [2.45, 2.75) is 25.4 Å². The first-order valence-electron chi connectivity index (χ1n) is 7.78. The molecule has 3 atom stereocenters. The van der Waals surface area contributed by atoms with E-state index in [1.165, 1.54) is 44.6 Å². The third-order valence-corrected chi connectivity index (χ3v) is 5.34. The Morgan fingerprint density at radius 1 is 1.00 bits per heavy atom. The van der Waals surface area contributed by atoms with Crippen molar-refractivity contribution in [3.8, 4) is 0 Å². The zero-order valence-electron chi connectivity index (χ0n) is 11.8. The van der Waals surface area contributed by atoms with Crippen LogP contribution in [0.5, 0.6) is 0 Å². The molecule has 1 aromatic rings. The minimum Gasteiger partial charge on any atom is -0.306 e. The topological polar surface area (TPSA) is 6.48 Å². The van der Waals surface area contributed by atoms with Crippen LogP contribution in [0.1, 0.15) is 18.4 Å². The molecular formula is C17H24N2. The van der Waals surface area contributed by atoms with Crippen LogP contribution in [0.2, 0.25) is 0 Å². The molecule has 2 aliphatic heterocycles. The van der Waals surface area contributed by atoms with Crippen LogP contribution in [0, 0.1) is 17.8 Å². The van der Waals surface area contributed by atoms with Gasteiger partial charge in [-0.1, -0.05) is 30.3 Å². The van der Waals surface area contributed by atoms with Gasteiger partial charge in [-0.3, -0.25) is 4.90 Å². The summed E-state index contributed by atoms with van der Waals surface area (Å²) < 4.78 is 0. The van der Waals surface area contributed by atoms with Crippen molar-refractivity contribution in [2.75, 3.05) is 26.7 Å². The molecule has 1 aromatic carbocycles. The highest BCUT2D eigenvalue weighted by Gasteiger charge is 2.51. The molecule has 0 amide bonds. The molecule has 4 rings (SSSR count). The summed E-state index contributed by atoms with van der Waals surface area (Å²) in [5.74, 6) is 2.88. The van der Waals surface area contributed by atoms with Gasteiger partial charge in [-0.15, -0.1) is 0 Å². The van der Waals surface area contributed by atoms with Gasteiger partial charge in [0, 0.05) is 32.2 Å². The zero-order chi connectivity index (χ0) is 12.8. The predicted octanol–water partition coefficient (Wildman–Crippen LogP) is 2.46. The van der Waals surface area contributed by atoms with E-state index in [0.29, 0.717) is 0 Å². The molecule has 3 aliphatic rings. The first kappa shape index (κ1) is 11.9. The lowest BCUT2D eigenvalue weighted by molar-refractivity contribution is 0.177. The normalized spacial score (nSPS) is 35.7. The summed E-state index contributed by atoms with van der Waals surface area (Å²) in [6.45, 7) is 5.14. The molecule has 1 aliphatic carbocycles. The first-order chi connectivity index (χ1) is 9.31. The van der Waals surface area contributed by atoms with Gasteiger partial charge in [-0.2, -0.15) is 0 Å². The van der Waals surface area contributed by atoms with Crippen LogP contribution in [0.4, 0.5) is 0 Å². The lowest BCUT2D eigenvalue weighted by Gasteiger charge is -2.29. The largest absolute Gasteiger partial charge is 0.306 e. The lowest BCUT2D eigenvalue weighted by Crippen LogP contribution is -2.37. The number of rotatable bonds is 3. The summed E-state index contributed by atoms with van der Waals surface area (Å²) in [4.78, 5) is 5.35. The molecule has 0 radical (unpaired) electrons. The number of hydrogen-bond donors (Lipinski definition) is 0. The van der Waals surface area contributed by atoms with Crippen molar-refractivity contribution >= 4 is 0 Å². The van der Waals surface area contributed by atoms with Gasteiger partial charge >= 0.3 is 0 Å². The smallest absolute Gasteiger partial charge is 0.0237 e. The summed E-state index contributed by atoms with van der Waals surface area (Å²) in [6.07, 6.45) is 2.95. The highest BCUT2D eigenvalue weighted by Crippen LogP contribution is 2.47. The van der Waals surface area contributed by atoms with Crippen molar-refractivity contribution in [3.63, 3.8) is 0 Å². The molecule has 2 nitrogen and oxygen atoms in total. The van der Waals surface area contributed by atoms with Gasteiger partial charge in [0.05, 0.1) is 0 Å². The van der Waals surface area contributed by atoms with E-state index in [2.05, 4.69) is 47.2 Å². The van der Waals surface area contributed by atoms with Gasteiger partial charge in [0.1, 0.15) is 0 Å². The van der Waals surface area contributed by atoms with Crippen molar-refractivity contribution in [1.82, 2.24) is 9.80 Å². The average Bonchev–Trinajstić information content (AvgIpc) is 3.09. The number of likely N-dealkylation sites (tertiary alicyclic amines) is 2. The molecule has 2 saturated heterocycles. The van der Waals surface area contributed by atoms with Gasteiger partial charge in [-0.25, -0.2) is 0 Å². The quantitative estimate of drug-likeness (QED) is 0.819. The monoisotopic (exact) mass is 256 g/mol. The van der Waals surface area contributed by atoms with Gasteiger partial charge in [-0.05, 0) is 43.2 Å². The van der Waals surface area contributed by atoms with Crippen molar-refractivity contribution in [1.29, 1.82) is 0 Å². The van der Waals surface area contributed by atoms with Crippen molar-refractivity contribution in [3.05, 3.63) is 35.9 Å². The number of hydrogen-bond acceptors (Lipinski definition) is 2. The van der Waals surface area contributed by atoms with E-state index in [-0.39, 0.29) is 0 Å². The molecule has 1 saturated carbocycles. The van der Waals surface area contributed by atoms with E-state index in [9.17, 15) is 0 Å². The van der Waals surface area contributed by atoms with Gasteiger partial charge in [0.15, 0.2) is 0 Å². The van der Waals surface area contributed by atoms with E-state index in [4.69, 9.17) is 0 Å². The molecule has 0 aromatic heterocycles. The van der Waals surface area contributed by atoms with Crippen LogP contribution >= 0.6 is 0 Å². The maximum Gasteiger partial charge on any atom is 0.0237 e. The van der Waals surface area contributed by atoms with E-state index < -0.39 is 0 Å². The molecule has 0 N–H and O–H groups in total. The van der Waals surface area contributed by atoms with Crippen molar-refractivity contribution < 1.29 is 0 Å². The Bertz CT molecular complexity index is 440. The molecule has 102 valence electrons. The predicted molar refractivity (Wildman–Crippen MR) is 77.8 cm³/mol. The Labute approximate surface area is 116 Å². The average molecular weight is 256 g/mol. The van der Waals surface area contributed by atoms with E-state index in [0.717, 1.165) is 23.8 Å². The van der Waals surface area contributed by atoms with Gasteiger partial charge < -0.3 is 4.90 Å². The summed E-state index contributed by atoms with van der Waals surface area (Å²) in [5.41, 5.74) is 1.49. The summed E-state index contributed by atoms with van der Waals surface area (Å²) in [6, 6.07) is 11.9. The van der Waals surface area contributed by atoms with Crippen LogP contribution in [0.25, 0.3) is 0 Å². The first-order valence-corrected chi connectivity index (χ1v) is 7.78. The third kappa shape index (κ3) is 2.21. The minimum atomic E-state index is 0.871.